The summed E-state index contributed by atoms with van der Waals surface area (Å²) in [5.74, 6) is 1.04. The van der Waals surface area contributed by atoms with Gasteiger partial charge in [-0.05, 0) is 45.2 Å². The van der Waals surface area contributed by atoms with Crippen LogP contribution in [0.3, 0.4) is 0 Å². The molecule has 1 aromatic carbocycles. The zero-order chi connectivity index (χ0) is 29.3. The number of urea groups is 1. The van der Waals surface area contributed by atoms with E-state index in [1.807, 2.05) is 45.0 Å². The van der Waals surface area contributed by atoms with Gasteiger partial charge in [0.05, 0.1) is 0 Å². The van der Waals surface area contributed by atoms with Crippen molar-refractivity contribution < 1.29 is 18.1 Å². The predicted molar refractivity (Wildman–Crippen MR) is 157 cm³/mol. The quantitative estimate of drug-likeness (QED) is 0.150. The lowest BCUT2D eigenvalue weighted by molar-refractivity contribution is 0.0708. The highest BCUT2D eigenvalue weighted by molar-refractivity contribution is 6.60. The van der Waals surface area contributed by atoms with Gasteiger partial charge >= 0.3 is 14.8 Å². The van der Waals surface area contributed by atoms with Gasteiger partial charge in [-0.15, -0.1) is 20.4 Å². The molecule has 0 spiro atoms. The van der Waals surface area contributed by atoms with Crippen LogP contribution in [0.15, 0.2) is 49.3 Å². The smallest absolute Gasteiger partial charge is 0.385 e. The molecule has 0 saturated heterocycles. The van der Waals surface area contributed by atoms with Crippen LogP contribution >= 0.6 is 0 Å². The van der Waals surface area contributed by atoms with Crippen LogP contribution in [0, 0.1) is 0 Å². The summed E-state index contributed by atoms with van der Waals surface area (Å²) < 4.78 is 17.5. The molecule has 0 aliphatic carbocycles. The van der Waals surface area contributed by atoms with Gasteiger partial charge in [0.25, 0.3) is 0 Å². The van der Waals surface area contributed by atoms with E-state index in [1.165, 1.54) is 0 Å². The fourth-order valence-electron chi connectivity index (χ4n) is 3.87. The van der Waals surface area contributed by atoms with E-state index in [0.717, 1.165) is 23.2 Å². The molecule has 0 aliphatic heterocycles. The molecule has 3 aromatic rings. The fourth-order valence-corrected chi connectivity index (χ4v) is 6.48. The molecule has 0 aliphatic rings. The number of rotatable bonds is 18. The van der Waals surface area contributed by atoms with Crippen molar-refractivity contribution in [2.75, 3.05) is 39.5 Å². The van der Waals surface area contributed by atoms with Crippen LogP contribution < -0.4 is 16.0 Å². The molecule has 13 nitrogen and oxygen atoms in total. The summed E-state index contributed by atoms with van der Waals surface area (Å²) in [7, 11) is -2.68. The Labute approximate surface area is 241 Å². The van der Waals surface area contributed by atoms with Gasteiger partial charge < -0.3 is 29.2 Å². The molecule has 3 N–H and O–H groups in total. The fraction of sp³-hybridized carbons (Fsp3) is 0.444. The maximum absolute atomic E-state index is 12.1. The average molecular weight is 582 g/mol. The van der Waals surface area contributed by atoms with Crippen molar-refractivity contribution in [1.29, 1.82) is 0 Å². The summed E-state index contributed by atoms with van der Waals surface area (Å²) in [5.41, 5.74) is 2.49. The highest BCUT2D eigenvalue weighted by Crippen LogP contribution is 2.19. The van der Waals surface area contributed by atoms with E-state index in [0.29, 0.717) is 63.6 Å². The van der Waals surface area contributed by atoms with E-state index in [1.54, 1.807) is 18.5 Å². The summed E-state index contributed by atoms with van der Waals surface area (Å²) in [6.07, 6.45) is 4.67. The number of carbonyl (C=O) groups excluding carboxylic acids is 1. The Morgan fingerprint density at radius 2 is 1.29 bits per heavy atom. The normalized spacial score (nSPS) is 11.2. The average Bonchev–Trinajstić information content (AvgIpc) is 3.00. The Kier molecular flexibility index (Phi) is 13.2. The third kappa shape index (κ3) is 10.2. The minimum atomic E-state index is -2.68. The van der Waals surface area contributed by atoms with E-state index < -0.39 is 8.80 Å². The first-order valence-electron chi connectivity index (χ1n) is 13.8. The van der Waals surface area contributed by atoms with Crippen LogP contribution in [0.5, 0.6) is 0 Å². The number of hydrogen-bond donors (Lipinski definition) is 3. The monoisotopic (exact) mass is 581 g/mol. The molecule has 2 amide bonds. The predicted octanol–water partition coefficient (Wildman–Crippen LogP) is 3.08. The van der Waals surface area contributed by atoms with Crippen LogP contribution in [0.4, 0.5) is 4.79 Å². The van der Waals surface area contributed by atoms with Gasteiger partial charge in [-0.3, -0.25) is 0 Å². The molecule has 2 heterocycles. The molecule has 41 heavy (non-hydrogen) atoms. The summed E-state index contributed by atoms with van der Waals surface area (Å²) in [4.78, 5) is 20.3. The molecule has 0 fully saturated rings. The zero-order valence-corrected chi connectivity index (χ0v) is 24.9. The summed E-state index contributed by atoms with van der Waals surface area (Å²) in [5, 5.41) is 25.5. The maximum atomic E-state index is 12.1. The van der Waals surface area contributed by atoms with E-state index >= 15 is 0 Å². The minimum Gasteiger partial charge on any atom is -0.385 e. The zero-order valence-electron chi connectivity index (χ0n) is 23.9. The Hall–Kier alpha value is -3.85. The second-order valence-electron chi connectivity index (χ2n) is 8.72. The number of hydrogen-bond acceptors (Lipinski definition) is 11. The van der Waals surface area contributed by atoms with Crippen molar-refractivity contribution in [2.24, 2.45) is 0 Å². The molecule has 0 radical (unpaired) electrons. The molecule has 3 rings (SSSR count). The molecule has 0 unspecified atom stereocenters. The summed E-state index contributed by atoms with van der Waals surface area (Å²) >= 11 is 0. The second kappa shape index (κ2) is 17.1. The number of aromatic nitrogens is 6. The lowest BCUT2D eigenvalue weighted by Gasteiger charge is -2.28. The van der Waals surface area contributed by atoms with Gasteiger partial charge in [-0.25, -0.2) is 14.8 Å². The number of amides is 2. The van der Waals surface area contributed by atoms with Crippen LogP contribution in [0.1, 0.15) is 39.2 Å². The van der Waals surface area contributed by atoms with Gasteiger partial charge in [0, 0.05) is 69.2 Å². The largest absolute Gasteiger partial charge is 0.500 e. The van der Waals surface area contributed by atoms with Gasteiger partial charge in [-0.1, -0.05) is 30.8 Å². The van der Waals surface area contributed by atoms with Crippen LogP contribution in [-0.2, 0) is 13.3 Å². The van der Waals surface area contributed by atoms with Crippen molar-refractivity contribution in [3.8, 4) is 23.0 Å². The summed E-state index contributed by atoms with van der Waals surface area (Å²) in [6, 6.07) is 9.79. The first-order chi connectivity index (χ1) is 20.0. The highest BCUT2D eigenvalue weighted by Gasteiger charge is 2.39. The Bertz CT molecular complexity index is 1180. The van der Waals surface area contributed by atoms with Crippen LogP contribution in [-0.4, -0.2) is 84.7 Å². The molecule has 0 saturated carbocycles. The van der Waals surface area contributed by atoms with Gasteiger partial charge in [-0.2, -0.15) is 0 Å². The number of benzene rings is 1. The van der Waals surface area contributed by atoms with E-state index in [-0.39, 0.29) is 11.9 Å². The molecule has 220 valence electrons. The van der Waals surface area contributed by atoms with Crippen molar-refractivity contribution >= 4 is 20.5 Å². The minimum absolute atomic E-state index is 0.202. The first kappa shape index (κ1) is 31.7. The van der Waals surface area contributed by atoms with Crippen molar-refractivity contribution in [1.82, 2.24) is 46.3 Å². The topological polar surface area (TPSA) is 158 Å². The van der Waals surface area contributed by atoms with Crippen molar-refractivity contribution in [3.63, 3.8) is 0 Å². The first-order valence-corrected chi connectivity index (χ1v) is 15.7. The van der Waals surface area contributed by atoms with Gasteiger partial charge in [0.1, 0.15) is 0 Å². The molecule has 2 aromatic heterocycles. The molecule has 0 atom stereocenters. The Balaban J connectivity index is 1.33. The standard InChI is InChI=1S/C27H39N9O4Si/c1-5-38-41(39-6-2,40-7-3)20-10-19-32-27(37)31-18-8-15-28-21(4)22-11-13-23(14-12-22)24-33-35-26(36-34-24)25-29-16-9-17-30-25/h9,11-14,16-17,28H,4-8,10,15,18-20H2,1-3H3,(H2,31,32,37). The Morgan fingerprint density at radius 3 is 1.88 bits per heavy atom. The highest BCUT2D eigenvalue weighted by atomic mass is 28.4. The van der Waals surface area contributed by atoms with Crippen LogP contribution in [0.25, 0.3) is 28.7 Å². The lowest BCUT2D eigenvalue weighted by Crippen LogP contribution is -2.46. The second-order valence-corrected chi connectivity index (χ2v) is 11.5. The van der Waals surface area contributed by atoms with Crippen molar-refractivity contribution in [2.45, 2.75) is 39.7 Å². The Morgan fingerprint density at radius 1 is 0.756 bits per heavy atom. The molecular weight excluding hydrogens is 542 g/mol. The van der Waals surface area contributed by atoms with Crippen molar-refractivity contribution in [3.05, 3.63) is 54.9 Å². The summed E-state index contributed by atoms with van der Waals surface area (Å²) in [6.45, 7) is 13.2. The molecular formula is C27H39N9O4Si. The van der Waals surface area contributed by atoms with E-state index in [9.17, 15) is 4.79 Å². The third-order valence-corrected chi connectivity index (χ3v) is 8.90. The molecule has 0 bridgehead atoms. The maximum Gasteiger partial charge on any atom is 0.500 e. The van der Waals surface area contributed by atoms with E-state index in [4.69, 9.17) is 13.3 Å². The van der Waals surface area contributed by atoms with Crippen LogP contribution in [0.2, 0.25) is 6.04 Å². The number of nitrogens with zero attached hydrogens (tertiary/aromatic N) is 6. The molecule has 14 heteroatoms. The number of nitrogens with one attached hydrogen (secondary N) is 3. The van der Waals surface area contributed by atoms with E-state index in [2.05, 4.69) is 52.9 Å². The van der Waals surface area contributed by atoms with Gasteiger partial charge in [0.15, 0.2) is 0 Å². The number of carbonyl (C=O) groups is 1. The SMILES string of the molecule is C=C(NCCCNC(=O)NCCC[Si](OCC)(OCC)OCC)c1ccc(-c2nnc(-c3ncccn3)nn2)cc1. The third-order valence-electron chi connectivity index (χ3n) is 5.75. The van der Waals surface area contributed by atoms with Gasteiger partial charge in [0.2, 0.25) is 17.5 Å². The lowest BCUT2D eigenvalue weighted by atomic mass is 10.1.